The third-order valence-electron chi connectivity index (χ3n) is 6.34. The van der Waals surface area contributed by atoms with Crippen LogP contribution in [0.15, 0.2) is 24.5 Å². The second-order valence-electron chi connectivity index (χ2n) is 7.94. The molecule has 0 saturated carbocycles. The number of nitrogens with zero attached hydrogens (tertiary/aromatic N) is 4. The van der Waals surface area contributed by atoms with E-state index in [0.29, 0.717) is 11.2 Å². The molecule has 1 aromatic carbocycles. The zero-order valence-electron chi connectivity index (χ0n) is 16.9. The molecule has 0 atom stereocenters. The molecular formula is C20H28ClN5O3. The van der Waals surface area contributed by atoms with Crippen LogP contribution in [0.3, 0.4) is 0 Å². The third-order valence-corrected chi connectivity index (χ3v) is 6.34. The van der Waals surface area contributed by atoms with Gasteiger partial charge in [-0.3, -0.25) is 14.8 Å². The van der Waals surface area contributed by atoms with Gasteiger partial charge in [0.05, 0.1) is 18.2 Å². The number of benzene rings is 1. The van der Waals surface area contributed by atoms with Crippen LogP contribution in [0.25, 0.3) is 11.1 Å². The molecule has 29 heavy (non-hydrogen) atoms. The Labute approximate surface area is 176 Å². The Hall–Kier alpha value is -2.32. The van der Waals surface area contributed by atoms with E-state index in [-0.39, 0.29) is 23.0 Å². The van der Waals surface area contributed by atoms with Crippen molar-refractivity contribution in [2.24, 2.45) is 12.5 Å². The zero-order valence-corrected chi connectivity index (χ0v) is 17.7. The van der Waals surface area contributed by atoms with Gasteiger partial charge in [-0.15, -0.1) is 12.4 Å². The average molecular weight is 422 g/mol. The van der Waals surface area contributed by atoms with Gasteiger partial charge in [0.2, 0.25) is 0 Å². The van der Waals surface area contributed by atoms with Crippen LogP contribution in [0, 0.1) is 15.5 Å². The van der Waals surface area contributed by atoms with Gasteiger partial charge in [-0.2, -0.15) is 5.10 Å². The number of hydrogen-bond donors (Lipinski definition) is 1. The van der Waals surface area contributed by atoms with Gasteiger partial charge >= 0.3 is 5.69 Å². The number of halogens is 1. The Morgan fingerprint density at radius 3 is 2.45 bits per heavy atom. The van der Waals surface area contributed by atoms with E-state index in [2.05, 4.69) is 15.3 Å². The highest BCUT2D eigenvalue weighted by molar-refractivity contribution is 5.85. The molecule has 0 bridgehead atoms. The summed E-state index contributed by atoms with van der Waals surface area (Å²) in [6, 6.07) is 3.45. The molecule has 9 heteroatoms. The first kappa shape index (κ1) is 21.4. The van der Waals surface area contributed by atoms with Gasteiger partial charge in [-0.05, 0) is 44.2 Å². The van der Waals surface area contributed by atoms with E-state index in [0.717, 1.165) is 55.8 Å². The summed E-state index contributed by atoms with van der Waals surface area (Å²) in [5.74, 6) is 0.301. The summed E-state index contributed by atoms with van der Waals surface area (Å²) in [7, 11) is 3.33. The zero-order chi connectivity index (χ0) is 19.7. The van der Waals surface area contributed by atoms with Gasteiger partial charge in [0, 0.05) is 55.3 Å². The highest BCUT2D eigenvalue weighted by Gasteiger charge is 2.36. The molecule has 3 heterocycles. The van der Waals surface area contributed by atoms with Crippen LogP contribution in [0.1, 0.15) is 25.7 Å². The van der Waals surface area contributed by atoms with Crippen molar-refractivity contribution in [2.45, 2.75) is 25.7 Å². The van der Waals surface area contributed by atoms with Gasteiger partial charge in [0.15, 0.2) is 5.75 Å². The molecule has 8 nitrogen and oxygen atoms in total. The summed E-state index contributed by atoms with van der Waals surface area (Å²) in [6.07, 6.45) is 8.43. The summed E-state index contributed by atoms with van der Waals surface area (Å²) in [6.45, 7) is 4.11. The van der Waals surface area contributed by atoms with Crippen molar-refractivity contribution >= 4 is 23.8 Å². The number of methoxy groups -OCH3 is 1. The molecule has 4 rings (SSSR count). The van der Waals surface area contributed by atoms with E-state index >= 15 is 0 Å². The molecule has 0 aliphatic carbocycles. The Kier molecular flexibility index (Phi) is 6.33. The van der Waals surface area contributed by atoms with Crippen molar-refractivity contribution in [3.8, 4) is 16.9 Å². The Morgan fingerprint density at radius 2 is 1.90 bits per heavy atom. The van der Waals surface area contributed by atoms with E-state index in [9.17, 15) is 10.1 Å². The van der Waals surface area contributed by atoms with Crippen LogP contribution in [0.5, 0.6) is 5.75 Å². The molecule has 1 spiro atoms. The average Bonchev–Trinajstić information content (AvgIpc) is 3.14. The lowest BCUT2D eigenvalue weighted by atomic mass is 9.71. The molecule has 0 radical (unpaired) electrons. The first-order chi connectivity index (χ1) is 13.5. The Balaban J connectivity index is 0.00000240. The maximum absolute atomic E-state index is 11.5. The van der Waals surface area contributed by atoms with Crippen LogP contribution in [0.4, 0.5) is 11.4 Å². The van der Waals surface area contributed by atoms with Gasteiger partial charge < -0.3 is 15.0 Å². The van der Waals surface area contributed by atoms with Crippen molar-refractivity contribution in [1.29, 1.82) is 0 Å². The SMILES string of the molecule is COc1cc(N2CCC3(CCNCC3)CC2)c(-c2cnn(C)c2)cc1[N+](=O)[O-].Cl. The monoisotopic (exact) mass is 421 g/mol. The third kappa shape index (κ3) is 4.18. The number of nitro benzene ring substituents is 1. The first-order valence-corrected chi connectivity index (χ1v) is 9.82. The Bertz CT molecular complexity index is 869. The summed E-state index contributed by atoms with van der Waals surface area (Å²) < 4.78 is 7.06. The minimum Gasteiger partial charge on any atom is -0.490 e. The summed E-state index contributed by atoms with van der Waals surface area (Å²) in [5.41, 5.74) is 3.13. The maximum Gasteiger partial charge on any atom is 0.311 e. The molecule has 2 saturated heterocycles. The van der Waals surface area contributed by atoms with E-state index < -0.39 is 0 Å². The molecule has 0 amide bonds. The lowest BCUT2D eigenvalue weighted by molar-refractivity contribution is -0.385. The standard InChI is InChI=1S/C20H27N5O3.ClH/c1-23-14-15(13-22-23)16-11-18(25(26)27)19(28-2)12-17(16)24-9-5-20(6-10-24)3-7-21-8-4-20;/h11-14,21H,3-10H2,1-2H3;1H. The predicted molar refractivity (Wildman–Crippen MR) is 115 cm³/mol. The number of ether oxygens (including phenoxy) is 1. The second-order valence-corrected chi connectivity index (χ2v) is 7.94. The number of nitrogens with one attached hydrogen (secondary N) is 1. The molecule has 0 unspecified atom stereocenters. The smallest absolute Gasteiger partial charge is 0.311 e. The van der Waals surface area contributed by atoms with Gasteiger partial charge in [-0.1, -0.05) is 0 Å². The number of hydrogen-bond acceptors (Lipinski definition) is 6. The topological polar surface area (TPSA) is 85.5 Å². The van der Waals surface area contributed by atoms with Gasteiger partial charge in [-0.25, -0.2) is 0 Å². The second kappa shape index (κ2) is 8.59. The van der Waals surface area contributed by atoms with Crippen LogP contribution in [0.2, 0.25) is 0 Å². The summed E-state index contributed by atoms with van der Waals surface area (Å²) >= 11 is 0. The van der Waals surface area contributed by atoms with Crippen LogP contribution in [-0.4, -0.2) is 48.0 Å². The lowest BCUT2D eigenvalue weighted by Crippen LogP contribution is -2.45. The number of anilines is 1. The predicted octanol–water partition coefficient (Wildman–Crippen LogP) is 3.40. The van der Waals surface area contributed by atoms with E-state index in [1.165, 1.54) is 20.0 Å². The number of nitro groups is 1. The number of rotatable bonds is 4. The van der Waals surface area contributed by atoms with Crippen LogP contribution >= 0.6 is 12.4 Å². The fraction of sp³-hybridized carbons (Fsp3) is 0.550. The molecule has 2 aliphatic heterocycles. The molecule has 158 valence electrons. The molecule has 2 fully saturated rings. The normalized spacial score (nSPS) is 18.3. The minimum atomic E-state index is -0.386. The van der Waals surface area contributed by atoms with E-state index in [1.807, 2.05) is 19.3 Å². The molecule has 2 aromatic rings. The van der Waals surface area contributed by atoms with Crippen molar-refractivity contribution in [3.63, 3.8) is 0 Å². The fourth-order valence-electron chi connectivity index (χ4n) is 4.60. The molecular weight excluding hydrogens is 394 g/mol. The van der Waals surface area contributed by atoms with Crippen LogP contribution < -0.4 is 15.0 Å². The molecule has 1 N–H and O–H groups in total. The van der Waals surface area contributed by atoms with Crippen molar-refractivity contribution in [1.82, 2.24) is 15.1 Å². The maximum atomic E-state index is 11.5. The minimum absolute atomic E-state index is 0. The van der Waals surface area contributed by atoms with Gasteiger partial charge in [0.1, 0.15) is 0 Å². The molecule has 2 aliphatic rings. The fourth-order valence-corrected chi connectivity index (χ4v) is 4.60. The van der Waals surface area contributed by atoms with Crippen LogP contribution in [-0.2, 0) is 7.05 Å². The van der Waals surface area contributed by atoms with E-state index in [4.69, 9.17) is 4.74 Å². The van der Waals surface area contributed by atoms with Crippen molar-refractivity contribution < 1.29 is 9.66 Å². The van der Waals surface area contributed by atoms with Crippen molar-refractivity contribution in [2.75, 3.05) is 38.2 Å². The summed E-state index contributed by atoms with van der Waals surface area (Å²) in [4.78, 5) is 13.5. The highest BCUT2D eigenvalue weighted by atomic mass is 35.5. The summed E-state index contributed by atoms with van der Waals surface area (Å²) in [5, 5.41) is 19.3. The quantitative estimate of drug-likeness (QED) is 0.601. The number of aryl methyl sites for hydroxylation is 1. The van der Waals surface area contributed by atoms with E-state index in [1.54, 1.807) is 16.9 Å². The number of aromatic nitrogens is 2. The highest BCUT2D eigenvalue weighted by Crippen LogP contribution is 2.45. The largest absolute Gasteiger partial charge is 0.490 e. The lowest BCUT2D eigenvalue weighted by Gasteiger charge is -2.45. The number of piperidine rings is 2. The first-order valence-electron chi connectivity index (χ1n) is 9.82. The van der Waals surface area contributed by atoms with Gasteiger partial charge in [0.25, 0.3) is 0 Å². The Morgan fingerprint density at radius 1 is 1.21 bits per heavy atom. The van der Waals surface area contributed by atoms with Crippen molar-refractivity contribution in [3.05, 3.63) is 34.6 Å². The molecule has 1 aromatic heterocycles.